The highest BCUT2D eigenvalue weighted by molar-refractivity contribution is 7.90. The Kier molecular flexibility index (Phi) is 3.77. The van der Waals surface area contributed by atoms with Crippen LogP contribution < -0.4 is 4.72 Å². The minimum atomic E-state index is -0.980. The molecule has 0 radical (unpaired) electrons. The number of nitrogens with zero attached hydrogens (tertiary/aromatic N) is 2. The van der Waals surface area contributed by atoms with E-state index in [2.05, 4.69) is 24.7 Å². The predicted octanol–water partition coefficient (Wildman–Crippen LogP) is 2.53. The molecular weight excluding hydrogens is 298 g/mol. The van der Waals surface area contributed by atoms with Crippen molar-refractivity contribution in [2.45, 2.75) is 43.9 Å². The van der Waals surface area contributed by atoms with Crippen LogP contribution in [0.1, 0.15) is 37.9 Å². The first-order valence-corrected chi connectivity index (χ1v) is 8.97. The predicted molar refractivity (Wildman–Crippen MR) is 87.6 cm³/mol. The molecule has 1 fully saturated rings. The quantitative estimate of drug-likeness (QED) is 0.645. The standard InChI is InChI=1S/C15H19N5OS/c21-22(10-4-2-1-3-5-10)18-9-13-19-12-8-17-15-11(6-7-16-15)14(12)20-13/h6-8,10,18H,1-5,9H2,(H,16,17)(H,19,20). The van der Waals surface area contributed by atoms with Gasteiger partial charge in [0.1, 0.15) is 22.2 Å². The maximum atomic E-state index is 12.3. The number of fused-ring (bicyclic) bond motifs is 3. The molecule has 22 heavy (non-hydrogen) atoms. The van der Waals surface area contributed by atoms with Gasteiger partial charge in [0.2, 0.25) is 0 Å². The molecule has 1 unspecified atom stereocenters. The average molecular weight is 317 g/mol. The SMILES string of the molecule is [O-][S+](NCc1nc2cnc3[nH]ccc3c2[nH]1)C1CCCCC1. The Hall–Kier alpha value is -1.57. The lowest BCUT2D eigenvalue weighted by Crippen LogP contribution is -2.35. The number of hydrogen-bond donors (Lipinski definition) is 3. The molecule has 3 aromatic heterocycles. The molecule has 1 aliphatic carbocycles. The summed E-state index contributed by atoms with van der Waals surface area (Å²) in [6, 6.07) is 1.99. The molecule has 3 heterocycles. The number of nitrogens with one attached hydrogen (secondary N) is 3. The smallest absolute Gasteiger partial charge is 0.139 e. The van der Waals surface area contributed by atoms with Gasteiger partial charge in [0, 0.05) is 22.9 Å². The van der Waals surface area contributed by atoms with Crippen LogP contribution in [0.2, 0.25) is 0 Å². The Morgan fingerprint density at radius 1 is 1.32 bits per heavy atom. The van der Waals surface area contributed by atoms with Gasteiger partial charge in [0.15, 0.2) is 0 Å². The lowest BCUT2D eigenvalue weighted by atomic mass is 10.0. The fraction of sp³-hybridized carbons (Fsp3) is 0.467. The van der Waals surface area contributed by atoms with E-state index in [1.54, 1.807) is 6.20 Å². The molecule has 1 aliphatic rings. The maximum Gasteiger partial charge on any atom is 0.139 e. The third-order valence-corrected chi connectivity index (χ3v) is 5.83. The van der Waals surface area contributed by atoms with E-state index in [1.807, 2.05) is 12.3 Å². The van der Waals surface area contributed by atoms with E-state index in [9.17, 15) is 4.55 Å². The van der Waals surface area contributed by atoms with Crippen LogP contribution in [0.5, 0.6) is 0 Å². The zero-order valence-electron chi connectivity index (χ0n) is 12.3. The van der Waals surface area contributed by atoms with Crippen molar-refractivity contribution in [3.8, 4) is 0 Å². The number of rotatable bonds is 4. The van der Waals surface area contributed by atoms with E-state index in [0.717, 1.165) is 40.7 Å². The van der Waals surface area contributed by atoms with Crippen molar-refractivity contribution in [3.05, 3.63) is 24.3 Å². The molecule has 0 spiro atoms. The van der Waals surface area contributed by atoms with Crippen molar-refractivity contribution in [1.29, 1.82) is 0 Å². The molecule has 3 N–H and O–H groups in total. The summed E-state index contributed by atoms with van der Waals surface area (Å²) in [6.07, 6.45) is 9.41. The number of H-pyrrole nitrogens is 2. The van der Waals surface area contributed by atoms with Gasteiger partial charge in [-0.15, -0.1) is 4.72 Å². The molecule has 0 amide bonds. The molecule has 6 nitrogen and oxygen atoms in total. The number of aromatic amines is 2. The summed E-state index contributed by atoms with van der Waals surface area (Å²) >= 11 is -0.980. The summed E-state index contributed by atoms with van der Waals surface area (Å²) in [5, 5.41) is 1.32. The second-order valence-corrected chi connectivity index (χ2v) is 7.37. The molecular formula is C15H19N5OS. The van der Waals surface area contributed by atoms with Crippen molar-refractivity contribution >= 4 is 33.4 Å². The summed E-state index contributed by atoms with van der Waals surface area (Å²) in [4.78, 5) is 15.3. The third kappa shape index (κ3) is 2.60. The Morgan fingerprint density at radius 2 is 2.18 bits per heavy atom. The lowest BCUT2D eigenvalue weighted by molar-refractivity contribution is 0.477. The van der Waals surface area contributed by atoms with Crippen LogP contribution in [-0.2, 0) is 17.9 Å². The Morgan fingerprint density at radius 3 is 3.05 bits per heavy atom. The fourth-order valence-electron chi connectivity index (χ4n) is 3.15. The zero-order valence-corrected chi connectivity index (χ0v) is 13.1. The first-order valence-electron chi connectivity index (χ1n) is 7.76. The first-order chi connectivity index (χ1) is 10.8. The van der Waals surface area contributed by atoms with Crippen LogP contribution in [0.4, 0.5) is 0 Å². The van der Waals surface area contributed by atoms with E-state index in [0.29, 0.717) is 6.54 Å². The minimum absolute atomic E-state index is 0.288. The van der Waals surface area contributed by atoms with Gasteiger partial charge in [0.05, 0.1) is 18.3 Å². The molecule has 1 saturated carbocycles. The van der Waals surface area contributed by atoms with E-state index >= 15 is 0 Å². The fourth-order valence-corrected chi connectivity index (χ4v) is 4.43. The monoisotopic (exact) mass is 317 g/mol. The molecule has 3 aromatic rings. The molecule has 7 heteroatoms. The summed E-state index contributed by atoms with van der Waals surface area (Å²) in [5.74, 6) is 0.801. The highest BCUT2D eigenvalue weighted by Gasteiger charge is 2.25. The normalized spacial score (nSPS) is 18.2. The average Bonchev–Trinajstić information content (AvgIpc) is 3.18. The van der Waals surface area contributed by atoms with Crippen LogP contribution >= 0.6 is 0 Å². The van der Waals surface area contributed by atoms with Crippen molar-refractivity contribution in [3.63, 3.8) is 0 Å². The largest absolute Gasteiger partial charge is 0.598 e. The molecule has 1 atom stereocenters. The molecule has 0 aliphatic heterocycles. The Balaban J connectivity index is 1.49. The van der Waals surface area contributed by atoms with E-state index in [1.165, 1.54) is 19.3 Å². The van der Waals surface area contributed by atoms with Crippen molar-refractivity contribution in [2.75, 3.05) is 0 Å². The van der Waals surface area contributed by atoms with E-state index < -0.39 is 11.4 Å². The van der Waals surface area contributed by atoms with Crippen molar-refractivity contribution in [2.24, 2.45) is 0 Å². The molecule has 116 valence electrons. The highest BCUT2D eigenvalue weighted by atomic mass is 32.2. The van der Waals surface area contributed by atoms with Crippen LogP contribution in [0.3, 0.4) is 0 Å². The van der Waals surface area contributed by atoms with Gasteiger partial charge < -0.3 is 14.5 Å². The summed E-state index contributed by atoms with van der Waals surface area (Å²) < 4.78 is 15.4. The number of aromatic nitrogens is 4. The van der Waals surface area contributed by atoms with Crippen molar-refractivity contribution < 1.29 is 4.55 Å². The lowest BCUT2D eigenvalue weighted by Gasteiger charge is -2.24. The molecule has 0 aromatic carbocycles. The summed E-state index contributed by atoms with van der Waals surface area (Å²) in [6.45, 7) is 0.490. The molecule has 0 saturated heterocycles. The number of hydrogen-bond acceptors (Lipinski definition) is 4. The zero-order chi connectivity index (χ0) is 14.9. The third-order valence-electron chi connectivity index (χ3n) is 4.33. The van der Waals surface area contributed by atoms with Crippen LogP contribution in [-0.4, -0.2) is 29.7 Å². The second-order valence-electron chi connectivity index (χ2n) is 5.82. The van der Waals surface area contributed by atoms with Gasteiger partial charge in [-0.2, -0.15) is 0 Å². The minimum Gasteiger partial charge on any atom is -0.598 e. The van der Waals surface area contributed by atoms with Crippen LogP contribution in [0, 0.1) is 0 Å². The van der Waals surface area contributed by atoms with Gasteiger partial charge >= 0.3 is 0 Å². The summed E-state index contributed by atoms with van der Waals surface area (Å²) in [7, 11) is 0. The first kappa shape index (κ1) is 14.0. The second kappa shape index (κ2) is 5.91. The maximum absolute atomic E-state index is 12.3. The molecule has 4 rings (SSSR count). The van der Waals surface area contributed by atoms with Crippen LogP contribution in [0.25, 0.3) is 22.1 Å². The van der Waals surface area contributed by atoms with Gasteiger partial charge in [-0.25, -0.2) is 9.97 Å². The topological polar surface area (TPSA) is 92.4 Å². The highest BCUT2D eigenvalue weighted by Crippen LogP contribution is 2.24. The van der Waals surface area contributed by atoms with E-state index in [-0.39, 0.29) is 5.25 Å². The van der Waals surface area contributed by atoms with Crippen LogP contribution in [0.15, 0.2) is 18.5 Å². The van der Waals surface area contributed by atoms with Gasteiger partial charge in [-0.3, -0.25) is 0 Å². The van der Waals surface area contributed by atoms with Crippen molar-refractivity contribution in [1.82, 2.24) is 24.7 Å². The Labute approximate surface area is 131 Å². The molecule has 0 bridgehead atoms. The number of imidazole rings is 1. The summed E-state index contributed by atoms with van der Waals surface area (Å²) in [5.41, 5.74) is 2.67. The van der Waals surface area contributed by atoms with Gasteiger partial charge in [-0.1, -0.05) is 6.42 Å². The Bertz CT molecular complexity index is 777. The van der Waals surface area contributed by atoms with Gasteiger partial charge in [-0.05, 0) is 31.7 Å². The number of pyridine rings is 1. The van der Waals surface area contributed by atoms with Gasteiger partial charge in [0.25, 0.3) is 0 Å². The van der Waals surface area contributed by atoms with E-state index in [4.69, 9.17) is 0 Å².